The van der Waals surface area contributed by atoms with Gasteiger partial charge in [-0.05, 0) is 28.4 Å². The van der Waals surface area contributed by atoms with Crippen molar-refractivity contribution >= 4 is 33.2 Å². The Morgan fingerprint density at radius 1 is 1.43 bits per heavy atom. The Kier molecular flexibility index (Phi) is 4.56. The van der Waals surface area contributed by atoms with Crippen LogP contribution in [0, 0.1) is 11.6 Å². The van der Waals surface area contributed by atoms with Gasteiger partial charge in [-0.25, -0.2) is 8.78 Å². The molecule has 0 bridgehead atoms. The lowest BCUT2D eigenvalue weighted by molar-refractivity contribution is 0.102. The highest BCUT2D eigenvalue weighted by Gasteiger charge is 2.19. The Hall–Kier alpha value is -1.96. The standard InChI is InChI=1S/C13H13BrF2N4O/c1-2-3-9-11(17)12(20-19-9)13(21)18-10-5-7(15)6(14)4-8(10)16/h4-5H,2-3,17H2,1H3,(H,18,21)(H,19,20). The van der Waals surface area contributed by atoms with Crippen LogP contribution >= 0.6 is 15.9 Å². The Morgan fingerprint density at radius 2 is 2.14 bits per heavy atom. The third-order valence-corrected chi connectivity index (χ3v) is 3.46. The normalized spacial score (nSPS) is 10.7. The number of halogens is 3. The maximum Gasteiger partial charge on any atom is 0.278 e. The molecule has 5 nitrogen and oxygen atoms in total. The number of aromatic nitrogens is 2. The lowest BCUT2D eigenvalue weighted by Gasteiger charge is -2.06. The van der Waals surface area contributed by atoms with Gasteiger partial charge in [-0.15, -0.1) is 0 Å². The van der Waals surface area contributed by atoms with Crippen molar-refractivity contribution in [3.8, 4) is 0 Å². The number of rotatable bonds is 4. The van der Waals surface area contributed by atoms with E-state index in [1.54, 1.807) is 0 Å². The van der Waals surface area contributed by atoms with E-state index in [0.717, 1.165) is 18.6 Å². The van der Waals surface area contributed by atoms with E-state index in [-0.39, 0.29) is 21.5 Å². The summed E-state index contributed by atoms with van der Waals surface area (Å²) in [7, 11) is 0. The van der Waals surface area contributed by atoms with Crippen molar-refractivity contribution in [1.29, 1.82) is 0 Å². The maximum absolute atomic E-state index is 13.7. The van der Waals surface area contributed by atoms with Crippen molar-refractivity contribution in [2.24, 2.45) is 0 Å². The van der Waals surface area contributed by atoms with Crippen LogP contribution in [0.25, 0.3) is 0 Å². The van der Waals surface area contributed by atoms with Gasteiger partial charge in [-0.3, -0.25) is 9.89 Å². The Labute approximate surface area is 128 Å². The quantitative estimate of drug-likeness (QED) is 0.733. The van der Waals surface area contributed by atoms with Crippen LogP contribution in [-0.4, -0.2) is 16.1 Å². The molecular weight excluding hydrogens is 346 g/mol. The first-order valence-corrected chi connectivity index (χ1v) is 7.02. The predicted octanol–water partition coefficient (Wildman–Crippen LogP) is 3.24. The number of nitrogens with one attached hydrogen (secondary N) is 2. The highest BCUT2D eigenvalue weighted by atomic mass is 79.9. The van der Waals surface area contributed by atoms with Gasteiger partial charge in [0, 0.05) is 6.07 Å². The molecule has 0 saturated carbocycles. The van der Waals surface area contributed by atoms with Gasteiger partial charge in [0.1, 0.15) is 11.6 Å². The summed E-state index contributed by atoms with van der Waals surface area (Å²) < 4.78 is 27.0. The van der Waals surface area contributed by atoms with Crippen molar-refractivity contribution in [2.75, 3.05) is 11.1 Å². The number of H-pyrrole nitrogens is 1. The largest absolute Gasteiger partial charge is 0.395 e. The molecule has 2 aromatic rings. The number of aryl methyl sites for hydroxylation is 1. The van der Waals surface area contributed by atoms with Crippen molar-refractivity contribution in [1.82, 2.24) is 10.2 Å². The van der Waals surface area contributed by atoms with Crippen molar-refractivity contribution in [3.63, 3.8) is 0 Å². The van der Waals surface area contributed by atoms with Gasteiger partial charge >= 0.3 is 0 Å². The fourth-order valence-corrected chi connectivity index (χ4v) is 2.12. The fourth-order valence-electron chi connectivity index (χ4n) is 1.80. The van der Waals surface area contributed by atoms with Crippen LogP contribution in [-0.2, 0) is 6.42 Å². The molecule has 1 heterocycles. The van der Waals surface area contributed by atoms with Crippen LogP contribution in [0.1, 0.15) is 29.5 Å². The Bertz CT molecular complexity index is 687. The molecule has 2 rings (SSSR count). The second kappa shape index (κ2) is 6.21. The second-order valence-corrected chi connectivity index (χ2v) is 5.27. The molecule has 21 heavy (non-hydrogen) atoms. The van der Waals surface area contributed by atoms with Gasteiger partial charge in [0.25, 0.3) is 5.91 Å². The van der Waals surface area contributed by atoms with Crippen LogP contribution in [0.5, 0.6) is 0 Å². The first kappa shape index (κ1) is 15.4. The van der Waals surface area contributed by atoms with E-state index in [2.05, 4.69) is 31.4 Å². The molecule has 8 heteroatoms. The third-order valence-electron chi connectivity index (χ3n) is 2.86. The number of anilines is 2. The van der Waals surface area contributed by atoms with E-state index in [1.165, 1.54) is 0 Å². The molecule has 1 aromatic heterocycles. The molecule has 0 saturated heterocycles. The summed E-state index contributed by atoms with van der Waals surface area (Å²) in [6, 6.07) is 1.81. The van der Waals surface area contributed by atoms with Crippen LogP contribution in [0.2, 0.25) is 0 Å². The summed E-state index contributed by atoms with van der Waals surface area (Å²) in [5, 5.41) is 8.73. The van der Waals surface area contributed by atoms with Crippen LogP contribution in [0.15, 0.2) is 16.6 Å². The SMILES string of the molecule is CCCc1[nH]nc(C(=O)Nc2cc(F)c(Br)cc2F)c1N. The highest BCUT2D eigenvalue weighted by Crippen LogP contribution is 2.24. The van der Waals surface area contributed by atoms with E-state index in [1.807, 2.05) is 6.92 Å². The number of carbonyl (C=O) groups is 1. The summed E-state index contributed by atoms with van der Waals surface area (Å²) in [6.07, 6.45) is 1.48. The number of benzene rings is 1. The smallest absolute Gasteiger partial charge is 0.278 e. The molecule has 112 valence electrons. The predicted molar refractivity (Wildman–Crippen MR) is 79.0 cm³/mol. The number of nitrogen functional groups attached to an aromatic ring is 1. The lowest BCUT2D eigenvalue weighted by Crippen LogP contribution is -2.15. The van der Waals surface area contributed by atoms with Gasteiger partial charge in [0.05, 0.1) is 21.5 Å². The average Bonchev–Trinajstić information content (AvgIpc) is 2.78. The number of aromatic amines is 1. The van der Waals surface area contributed by atoms with Crippen molar-refractivity contribution in [3.05, 3.63) is 39.6 Å². The summed E-state index contributed by atoms with van der Waals surface area (Å²) in [4.78, 5) is 12.0. The fraction of sp³-hybridized carbons (Fsp3) is 0.231. The van der Waals surface area contributed by atoms with Crippen molar-refractivity contribution in [2.45, 2.75) is 19.8 Å². The van der Waals surface area contributed by atoms with Gasteiger partial charge in [0.2, 0.25) is 0 Å². The van der Waals surface area contributed by atoms with Crippen LogP contribution in [0.4, 0.5) is 20.2 Å². The number of hydrogen-bond donors (Lipinski definition) is 3. The van der Waals surface area contributed by atoms with Crippen LogP contribution < -0.4 is 11.1 Å². The minimum Gasteiger partial charge on any atom is -0.395 e. The molecule has 0 aliphatic rings. The molecule has 0 aliphatic carbocycles. The van der Waals surface area contributed by atoms with Gasteiger partial charge in [-0.1, -0.05) is 13.3 Å². The molecule has 0 spiro atoms. The topological polar surface area (TPSA) is 83.8 Å². The summed E-state index contributed by atoms with van der Waals surface area (Å²) in [6.45, 7) is 1.96. The minimum atomic E-state index is -0.764. The zero-order valence-corrected chi connectivity index (χ0v) is 12.7. The van der Waals surface area contributed by atoms with Crippen molar-refractivity contribution < 1.29 is 13.6 Å². The van der Waals surface area contributed by atoms with E-state index >= 15 is 0 Å². The average molecular weight is 359 g/mol. The monoisotopic (exact) mass is 358 g/mol. The molecule has 0 radical (unpaired) electrons. The molecule has 0 aliphatic heterocycles. The second-order valence-electron chi connectivity index (χ2n) is 4.41. The molecule has 0 unspecified atom stereocenters. The Balaban J connectivity index is 2.24. The molecule has 0 fully saturated rings. The minimum absolute atomic E-state index is 0.0254. The molecule has 4 N–H and O–H groups in total. The highest BCUT2D eigenvalue weighted by molar-refractivity contribution is 9.10. The third kappa shape index (κ3) is 3.21. The zero-order chi connectivity index (χ0) is 15.6. The first-order valence-electron chi connectivity index (χ1n) is 6.22. The summed E-state index contributed by atoms with van der Waals surface area (Å²) in [5.74, 6) is -2.15. The maximum atomic E-state index is 13.7. The van der Waals surface area contributed by atoms with E-state index < -0.39 is 17.5 Å². The van der Waals surface area contributed by atoms with Gasteiger partial charge in [-0.2, -0.15) is 5.10 Å². The number of nitrogens with two attached hydrogens (primary N) is 1. The van der Waals surface area contributed by atoms with Crippen LogP contribution in [0.3, 0.4) is 0 Å². The van der Waals surface area contributed by atoms with Gasteiger partial charge in [0.15, 0.2) is 5.69 Å². The first-order chi connectivity index (χ1) is 9.93. The summed E-state index contributed by atoms with van der Waals surface area (Å²) >= 11 is 2.86. The zero-order valence-electron chi connectivity index (χ0n) is 11.1. The molecule has 1 amide bonds. The van der Waals surface area contributed by atoms with E-state index in [0.29, 0.717) is 12.1 Å². The van der Waals surface area contributed by atoms with E-state index in [9.17, 15) is 13.6 Å². The lowest BCUT2D eigenvalue weighted by atomic mass is 10.2. The molecule has 0 atom stereocenters. The number of carbonyl (C=O) groups excluding carboxylic acids is 1. The summed E-state index contributed by atoms with van der Waals surface area (Å²) in [5.41, 5.74) is 6.35. The van der Waals surface area contributed by atoms with Gasteiger partial charge < -0.3 is 11.1 Å². The number of nitrogens with zero attached hydrogens (tertiary/aromatic N) is 1. The molecular formula is C13H13BrF2N4O. The molecule has 1 aromatic carbocycles. The van der Waals surface area contributed by atoms with E-state index in [4.69, 9.17) is 5.73 Å². The number of amides is 1. The number of hydrogen-bond acceptors (Lipinski definition) is 3. The Morgan fingerprint density at radius 3 is 2.81 bits per heavy atom.